The van der Waals surface area contributed by atoms with Crippen LogP contribution in [0.25, 0.3) is 0 Å². The van der Waals surface area contributed by atoms with E-state index < -0.39 is 0 Å². The molecular formula is C16H26ClIN4O. The fraction of sp³-hybridized carbons (Fsp3) is 0.562. The second-order valence-corrected chi connectivity index (χ2v) is 5.75. The second-order valence-electron chi connectivity index (χ2n) is 5.34. The molecule has 130 valence electrons. The van der Waals surface area contributed by atoms with Crippen molar-refractivity contribution in [2.75, 3.05) is 39.4 Å². The van der Waals surface area contributed by atoms with Crippen LogP contribution in [-0.2, 0) is 4.74 Å². The average Bonchev–Trinajstić information content (AvgIpc) is 2.55. The van der Waals surface area contributed by atoms with Crippen molar-refractivity contribution in [2.24, 2.45) is 10.7 Å². The van der Waals surface area contributed by atoms with E-state index in [1.54, 1.807) is 0 Å². The number of hydrogen-bond acceptors (Lipinski definition) is 3. The van der Waals surface area contributed by atoms with Crippen LogP contribution >= 0.6 is 35.6 Å². The van der Waals surface area contributed by atoms with E-state index in [4.69, 9.17) is 22.1 Å². The summed E-state index contributed by atoms with van der Waals surface area (Å²) in [5.41, 5.74) is 7.01. The van der Waals surface area contributed by atoms with Crippen LogP contribution in [0.2, 0.25) is 5.02 Å². The molecule has 1 aromatic rings. The zero-order valence-corrected chi connectivity index (χ0v) is 16.6. The SMILES string of the molecule is CCCNC(N)=NCC(c1ccccc1Cl)N1CCOCC1.I. The molecule has 7 heteroatoms. The average molecular weight is 453 g/mol. The number of halogens is 2. The molecule has 0 bridgehead atoms. The number of nitrogens with one attached hydrogen (secondary N) is 1. The summed E-state index contributed by atoms with van der Waals surface area (Å²) in [5.74, 6) is 0.493. The van der Waals surface area contributed by atoms with E-state index >= 15 is 0 Å². The first-order valence-corrected chi connectivity index (χ1v) is 8.20. The zero-order valence-electron chi connectivity index (χ0n) is 13.5. The van der Waals surface area contributed by atoms with Crippen molar-refractivity contribution >= 4 is 41.5 Å². The molecule has 1 unspecified atom stereocenters. The van der Waals surface area contributed by atoms with E-state index in [9.17, 15) is 0 Å². The first-order valence-electron chi connectivity index (χ1n) is 7.82. The van der Waals surface area contributed by atoms with E-state index in [0.717, 1.165) is 49.9 Å². The number of rotatable bonds is 6. The summed E-state index contributed by atoms with van der Waals surface area (Å²) in [6.07, 6.45) is 1.02. The van der Waals surface area contributed by atoms with E-state index in [2.05, 4.69) is 28.2 Å². The maximum Gasteiger partial charge on any atom is 0.188 e. The Hall–Kier alpha value is -0.570. The molecule has 3 N–H and O–H groups in total. The number of nitrogens with two attached hydrogens (primary N) is 1. The number of hydrogen-bond donors (Lipinski definition) is 2. The highest BCUT2D eigenvalue weighted by molar-refractivity contribution is 14.0. The summed E-state index contributed by atoms with van der Waals surface area (Å²) in [5, 5.41) is 3.88. The predicted octanol–water partition coefficient (Wildman–Crippen LogP) is 2.65. The Bertz CT molecular complexity index is 495. The van der Waals surface area contributed by atoms with Crippen LogP contribution in [0.3, 0.4) is 0 Å². The minimum absolute atomic E-state index is 0. The second kappa shape index (κ2) is 11.1. The minimum atomic E-state index is 0. The number of guanidine groups is 1. The van der Waals surface area contributed by atoms with Gasteiger partial charge in [0, 0.05) is 24.7 Å². The number of benzene rings is 1. The Kier molecular flexibility index (Phi) is 9.85. The molecule has 23 heavy (non-hydrogen) atoms. The molecule has 0 aromatic heterocycles. The van der Waals surface area contributed by atoms with Crippen LogP contribution in [0.15, 0.2) is 29.3 Å². The molecule has 0 aliphatic carbocycles. The lowest BCUT2D eigenvalue weighted by atomic mass is 10.0. The molecule has 0 radical (unpaired) electrons. The summed E-state index contributed by atoms with van der Waals surface area (Å²) in [6, 6.07) is 8.07. The third-order valence-electron chi connectivity index (χ3n) is 3.74. The van der Waals surface area contributed by atoms with Crippen LogP contribution in [0, 0.1) is 0 Å². The number of aliphatic imine (C=N–C) groups is 1. The molecule has 1 aliphatic rings. The van der Waals surface area contributed by atoms with Gasteiger partial charge in [-0.05, 0) is 18.1 Å². The van der Waals surface area contributed by atoms with Gasteiger partial charge in [-0.2, -0.15) is 0 Å². The Morgan fingerprint density at radius 2 is 2.09 bits per heavy atom. The van der Waals surface area contributed by atoms with Gasteiger partial charge in [0.2, 0.25) is 0 Å². The van der Waals surface area contributed by atoms with Crippen LogP contribution in [-0.4, -0.2) is 50.3 Å². The number of morpholine rings is 1. The molecule has 1 aliphatic heterocycles. The van der Waals surface area contributed by atoms with Gasteiger partial charge >= 0.3 is 0 Å². The highest BCUT2D eigenvalue weighted by atomic mass is 127. The van der Waals surface area contributed by atoms with Gasteiger partial charge in [0.25, 0.3) is 0 Å². The van der Waals surface area contributed by atoms with Gasteiger partial charge in [-0.15, -0.1) is 24.0 Å². The Balaban J connectivity index is 0.00000264. The third-order valence-corrected chi connectivity index (χ3v) is 4.09. The van der Waals surface area contributed by atoms with Gasteiger partial charge in [-0.1, -0.05) is 36.7 Å². The largest absolute Gasteiger partial charge is 0.379 e. The molecular weight excluding hydrogens is 427 g/mol. The normalized spacial score (nSPS) is 17.4. The van der Waals surface area contributed by atoms with Crippen LogP contribution < -0.4 is 11.1 Å². The predicted molar refractivity (Wildman–Crippen MR) is 107 cm³/mol. The topological polar surface area (TPSA) is 62.9 Å². The van der Waals surface area contributed by atoms with Gasteiger partial charge in [-0.3, -0.25) is 9.89 Å². The van der Waals surface area contributed by atoms with Crippen molar-refractivity contribution in [1.29, 1.82) is 0 Å². The summed E-state index contributed by atoms with van der Waals surface area (Å²) < 4.78 is 5.45. The van der Waals surface area contributed by atoms with Crippen molar-refractivity contribution in [2.45, 2.75) is 19.4 Å². The van der Waals surface area contributed by atoms with Crippen LogP contribution in [0.4, 0.5) is 0 Å². The standard InChI is InChI=1S/C16H25ClN4O.HI/c1-2-7-19-16(18)20-12-15(21-8-10-22-11-9-21)13-5-3-4-6-14(13)17;/h3-6,15H,2,7-12H2,1H3,(H3,18,19,20);1H. The fourth-order valence-corrected chi connectivity index (χ4v) is 2.80. The first-order chi connectivity index (χ1) is 10.7. The summed E-state index contributed by atoms with van der Waals surface area (Å²) in [6.45, 7) is 6.78. The molecule has 0 saturated carbocycles. The first kappa shape index (κ1) is 20.5. The third kappa shape index (κ3) is 6.45. The summed E-state index contributed by atoms with van der Waals surface area (Å²) in [4.78, 5) is 6.86. The molecule has 0 spiro atoms. The Morgan fingerprint density at radius 1 is 1.39 bits per heavy atom. The molecule has 0 amide bonds. The monoisotopic (exact) mass is 452 g/mol. The maximum absolute atomic E-state index is 6.38. The van der Waals surface area contributed by atoms with Crippen LogP contribution in [0.1, 0.15) is 24.9 Å². The minimum Gasteiger partial charge on any atom is -0.379 e. The lowest BCUT2D eigenvalue weighted by Gasteiger charge is -2.34. The van der Waals surface area contributed by atoms with Crippen molar-refractivity contribution < 1.29 is 4.74 Å². The highest BCUT2D eigenvalue weighted by Gasteiger charge is 2.24. The zero-order chi connectivity index (χ0) is 15.8. The highest BCUT2D eigenvalue weighted by Crippen LogP contribution is 2.28. The summed E-state index contributed by atoms with van der Waals surface area (Å²) in [7, 11) is 0. The maximum atomic E-state index is 6.38. The van der Waals surface area contributed by atoms with E-state index in [0.29, 0.717) is 12.5 Å². The van der Waals surface area contributed by atoms with E-state index in [1.807, 2.05) is 18.2 Å². The molecule has 1 aromatic carbocycles. The molecule has 5 nitrogen and oxygen atoms in total. The van der Waals surface area contributed by atoms with Gasteiger partial charge < -0.3 is 15.8 Å². The number of ether oxygens (including phenoxy) is 1. The van der Waals surface area contributed by atoms with Crippen molar-refractivity contribution in [3.63, 3.8) is 0 Å². The van der Waals surface area contributed by atoms with Gasteiger partial charge in [0.05, 0.1) is 25.8 Å². The van der Waals surface area contributed by atoms with Crippen molar-refractivity contribution in [3.05, 3.63) is 34.9 Å². The lowest BCUT2D eigenvalue weighted by molar-refractivity contribution is 0.0180. The lowest BCUT2D eigenvalue weighted by Crippen LogP contribution is -2.41. The van der Waals surface area contributed by atoms with E-state index in [-0.39, 0.29) is 30.0 Å². The molecule has 1 atom stereocenters. The Labute approximate surface area is 160 Å². The fourth-order valence-electron chi connectivity index (χ4n) is 2.54. The van der Waals surface area contributed by atoms with Crippen molar-refractivity contribution in [1.82, 2.24) is 10.2 Å². The van der Waals surface area contributed by atoms with E-state index in [1.165, 1.54) is 0 Å². The smallest absolute Gasteiger partial charge is 0.188 e. The molecule has 1 heterocycles. The van der Waals surface area contributed by atoms with Gasteiger partial charge in [-0.25, -0.2) is 0 Å². The number of nitrogens with zero attached hydrogens (tertiary/aromatic N) is 2. The van der Waals surface area contributed by atoms with Crippen LogP contribution in [0.5, 0.6) is 0 Å². The Morgan fingerprint density at radius 3 is 2.74 bits per heavy atom. The molecule has 1 fully saturated rings. The van der Waals surface area contributed by atoms with Gasteiger partial charge in [0.1, 0.15) is 0 Å². The summed E-state index contributed by atoms with van der Waals surface area (Å²) >= 11 is 6.38. The molecule has 1 saturated heterocycles. The van der Waals surface area contributed by atoms with Gasteiger partial charge in [0.15, 0.2) is 5.96 Å². The van der Waals surface area contributed by atoms with Crippen molar-refractivity contribution in [3.8, 4) is 0 Å². The quantitative estimate of drug-likeness (QED) is 0.396. The molecule has 2 rings (SSSR count).